The summed E-state index contributed by atoms with van der Waals surface area (Å²) < 4.78 is 62.2. The van der Waals surface area contributed by atoms with E-state index in [4.69, 9.17) is 0 Å². The molecule has 0 nitrogen and oxygen atoms in total. The van der Waals surface area contributed by atoms with Gasteiger partial charge in [0.1, 0.15) is 0 Å². The minimum Gasteiger partial charge on any atom is -0.201 e. The van der Waals surface area contributed by atoms with Gasteiger partial charge in [0.05, 0.1) is 4.91 Å². The van der Waals surface area contributed by atoms with Gasteiger partial charge in [0.15, 0.2) is 0 Å². The number of rotatable bonds is 8. The lowest BCUT2D eigenvalue weighted by Gasteiger charge is -2.19. The molecule has 0 saturated heterocycles. The van der Waals surface area contributed by atoms with Crippen LogP contribution >= 0.6 is 11.8 Å². The van der Waals surface area contributed by atoms with E-state index in [0.717, 1.165) is 19.3 Å². The van der Waals surface area contributed by atoms with Crippen LogP contribution in [0.4, 0.5) is 22.0 Å². The summed E-state index contributed by atoms with van der Waals surface area (Å²) >= 11 is -0.812. The molecule has 0 amide bonds. The van der Waals surface area contributed by atoms with Crippen LogP contribution in [0.3, 0.4) is 0 Å². The molecule has 17 heavy (non-hydrogen) atoms. The summed E-state index contributed by atoms with van der Waals surface area (Å²) in [5.74, 6) is -3.44. The van der Waals surface area contributed by atoms with E-state index in [1.165, 1.54) is 0 Å². The Morgan fingerprint density at radius 2 is 1.53 bits per heavy atom. The van der Waals surface area contributed by atoms with Crippen LogP contribution in [0.1, 0.15) is 45.4 Å². The minimum atomic E-state index is -4.69. The van der Waals surface area contributed by atoms with Gasteiger partial charge in [-0.3, -0.25) is 0 Å². The molecule has 0 aliphatic heterocycles. The predicted octanol–water partition coefficient (Wildman–Crippen LogP) is 5.75. The van der Waals surface area contributed by atoms with E-state index in [2.05, 4.69) is 6.58 Å². The lowest BCUT2D eigenvalue weighted by atomic mass is 10.1. The highest BCUT2D eigenvalue weighted by atomic mass is 32.2. The van der Waals surface area contributed by atoms with E-state index in [9.17, 15) is 22.0 Å². The quantitative estimate of drug-likeness (QED) is 0.402. The summed E-state index contributed by atoms with van der Waals surface area (Å²) in [6, 6.07) is 0. The van der Waals surface area contributed by atoms with E-state index in [1.807, 2.05) is 6.92 Å². The molecule has 102 valence electrons. The Balaban J connectivity index is 3.97. The molecule has 0 atom stereocenters. The van der Waals surface area contributed by atoms with Crippen molar-refractivity contribution in [2.45, 2.75) is 56.9 Å². The summed E-state index contributed by atoms with van der Waals surface area (Å²) in [4.78, 5) is -1.11. The Hall–Kier alpha value is -0.260. The zero-order valence-electron chi connectivity index (χ0n) is 9.75. The fourth-order valence-corrected chi connectivity index (χ4v) is 1.84. The number of hydrogen-bond acceptors (Lipinski definition) is 1. The molecule has 0 unspecified atom stereocenters. The molecule has 0 saturated carbocycles. The third-order valence-electron chi connectivity index (χ3n) is 2.24. The number of hydrogen-bond donors (Lipinski definition) is 0. The molecule has 0 aliphatic carbocycles. The second kappa shape index (κ2) is 7.24. The van der Waals surface area contributed by atoms with Gasteiger partial charge < -0.3 is 0 Å². The summed E-state index contributed by atoms with van der Waals surface area (Å²) in [7, 11) is 0. The fraction of sp³-hybridized carbons (Fsp3) is 0.818. The summed E-state index contributed by atoms with van der Waals surface area (Å²) in [6.07, 6.45) is 3.08. The smallest absolute Gasteiger partial charge is 0.201 e. The van der Waals surface area contributed by atoms with E-state index in [0.29, 0.717) is 6.42 Å². The highest BCUT2D eigenvalue weighted by Crippen LogP contribution is 2.44. The molecule has 0 spiro atoms. The number of unbranched alkanes of at least 4 members (excludes halogenated alkanes) is 4. The highest BCUT2D eigenvalue weighted by Gasteiger charge is 2.40. The molecular weight excluding hydrogens is 259 g/mol. The molecule has 0 aromatic carbocycles. The molecule has 0 rings (SSSR count). The molecule has 0 N–H and O–H groups in total. The Morgan fingerprint density at radius 1 is 1.00 bits per heavy atom. The van der Waals surface area contributed by atoms with Gasteiger partial charge in [-0.2, -0.15) is 13.2 Å². The van der Waals surface area contributed by atoms with Crippen molar-refractivity contribution in [3.8, 4) is 0 Å². The van der Waals surface area contributed by atoms with Gasteiger partial charge in [-0.15, -0.1) is 0 Å². The van der Waals surface area contributed by atoms with Crippen LogP contribution in [0.15, 0.2) is 11.5 Å². The monoisotopic (exact) mass is 276 g/mol. The van der Waals surface area contributed by atoms with Gasteiger partial charge in [-0.05, 0) is 18.2 Å². The molecular formula is C11H17F5S. The first-order valence-corrected chi connectivity index (χ1v) is 6.33. The molecule has 6 heteroatoms. The average molecular weight is 276 g/mol. The minimum absolute atomic E-state index is 0.227. The van der Waals surface area contributed by atoms with Crippen molar-refractivity contribution < 1.29 is 22.0 Å². The van der Waals surface area contributed by atoms with Crippen LogP contribution < -0.4 is 0 Å². The Bertz CT molecular complexity index is 235. The first-order valence-electron chi connectivity index (χ1n) is 5.52. The number of alkyl halides is 5. The van der Waals surface area contributed by atoms with Crippen molar-refractivity contribution in [2.24, 2.45) is 0 Å². The molecule has 0 radical (unpaired) electrons. The molecule has 0 aromatic heterocycles. The highest BCUT2D eigenvalue weighted by molar-refractivity contribution is 8.03. The normalized spacial score (nSPS) is 12.8. The fourth-order valence-electron chi connectivity index (χ4n) is 1.30. The maximum Gasteiger partial charge on any atom is 0.446 e. The van der Waals surface area contributed by atoms with Gasteiger partial charge in [0, 0.05) is 6.42 Å². The Morgan fingerprint density at radius 3 is 2.00 bits per heavy atom. The van der Waals surface area contributed by atoms with Crippen molar-refractivity contribution >= 4 is 11.8 Å². The van der Waals surface area contributed by atoms with Gasteiger partial charge in [-0.1, -0.05) is 39.2 Å². The van der Waals surface area contributed by atoms with Crippen LogP contribution in [-0.4, -0.2) is 11.4 Å². The maximum absolute atomic E-state index is 13.2. The van der Waals surface area contributed by atoms with Gasteiger partial charge in [-0.25, -0.2) is 8.78 Å². The van der Waals surface area contributed by atoms with E-state index in [1.54, 1.807) is 0 Å². The predicted molar refractivity (Wildman–Crippen MR) is 61.1 cm³/mol. The van der Waals surface area contributed by atoms with Crippen molar-refractivity contribution in [3.63, 3.8) is 0 Å². The van der Waals surface area contributed by atoms with E-state index >= 15 is 0 Å². The third-order valence-corrected chi connectivity index (χ3v) is 3.02. The summed E-state index contributed by atoms with van der Waals surface area (Å²) in [6.45, 7) is 4.82. The van der Waals surface area contributed by atoms with Crippen LogP contribution in [0.25, 0.3) is 0 Å². The van der Waals surface area contributed by atoms with E-state index < -0.39 is 34.5 Å². The molecule has 0 aliphatic rings. The second-order valence-corrected chi connectivity index (χ2v) is 5.00. The van der Waals surface area contributed by atoms with Crippen molar-refractivity contribution in [1.82, 2.24) is 0 Å². The van der Waals surface area contributed by atoms with Gasteiger partial charge >= 0.3 is 5.51 Å². The molecule has 0 aromatic rings. The summed E-state index contributed by atoms with van der Waals surface area (Å²) in [5.41, 5.74) is -4.69. The molecule has 0 fully saturated rings. The lowest BCUT2D eigenvalue weighted by Crippen LogP contribution is -2.19. The largest absolute Gasteiger partial charge is 0.446 e. The third kappa shape index (κ3) is 8.46. The Kier molecular flexibility index (Phi) is 7.13. The number of halogens is 5. The standard InChI is InChI=1S/C11H17F5S/c1-3-4-5-6-7-8-10(12,13)9(2)17-11(14,15)16/h2-8H2,1H3. The first-order chi connectivity index (χ1) is 7.69. The van der Waals surface area contributed by atoms with Crippen molar-refractivity contribution in [3.05, 3.63) is 11.5 Å². The van der Waals surface area contributed by atoms with Crippen LogP contribution in [0.2, 0.25) is 0 Å². The average Bonchev–Trinajstić information content (AvgIpc) is 2.14. The molecule has 0 bridgehead atoms. The van der Waals surface area contributed by atoms with Gasteiger partial charge in [0.2, 0.25) is 0 Å². The first kappa shape index (κ1) is 16.7. The lowest BCUT2D eigenvalue weighted by molar-refractivity contribution is -0.0343. The van der Waals surface area contributed by atoms with Crippen LogP contribution in [-0.2, 0) is 0 Å². The molecule has 0 heterocycles. The zero-order chi connectivity index (χ0) is 13.5. The second-order valence-electron chi connectivity index (χ2n) is 3.84. The van der Waals surface area contributed by atoms with Crippen molar-refractivity contribution in [1.29, 1.82) is 0 Å². The number of thioether (sulfide) groups is 1. The maximum atomic E-state index is 13.2. The van der Waals surface area contributed by atoms with Crippen LogP contribution in [0.5, 0.6) is 0 Å². The Labute approximate surface area is 103 Å². The van der Waals surface area contributed by atoms with Crippen molar-refractivity contribution in [2.75, 3.05) is 0 Å². The summed E-state index contributed by atoms with van der Waals surface area (Å²) in [5, 5.41) is 0. The topological polar surface area (TPSA) is 0 Å². The van der Waals surface area contributed by atoms with Gasteiger partial charge in [0.25, 0.3) is 5.92 Å². The van der Waals surface area contributed by atoms with Crippen LogP contribution in [0, 0.1) is 0 Å². The number of allylic oxidation sites excluding steroid dienone is 1. The van der Waals surface area contributed by atoms with E-state index in [-0.39, 0.29) is 6.42 Å². The SMILES string of the molecule is C=C(SC(F)(F)F)C(F)(F)CCCCCCC. The zero-order valence-corrected chi connectivity index (χ0v) is 10.6.